The summed E-state index contributed by atoms with van der Waals surface area (Å²) >= 11 is 7.57. The first-order valence-electron chi connectivity index (χ1n) is 8.52. The van der Waals surface area contributed by atoms with Gasteiger partial charge in [-0.15, -0.1) is 11.3 Å². The molecule has 23 heavy (non-hydrogen) atoms. The molecule has 4 nitrogen and oxygen atoms in total. The topological polar surface area (TPSA) is 44.0 Å². The van der Waals surface area contributed by atoms with Gasteiger partial charge in [0.2, 0.25) is 0 Å². The Kier molecular flexibility index (Phi) is 4.60. The van der Waals surface area contributed by atoms with E-state index in [1.807, 2.05) is 6.07 Å². The molecule has 6 heteroatoms. The lowest BCUT2D eigenvalue weighted by Crippen LogP contribution is -2.34. The lowest BCUT2D eigenvalue weighted by molar-refractivity contribution is 0.203. The third-order valence-corrected chi connectivity index (χ3v) is 6.14. The van der Waals surface area contributed by atoms with Crippen molar-refractivity contribution >= 4 is 28.8 Å². The lowest BCUT2D eigenvalue weighted by Gasteiger charge is -2.31. The maximum absolute atomic E-state index is 5.96. The Labute approximate surface area is 146 Å². The van der Waals surface area contributed by atoms with Crippen LogP contribution in [0.1, 0.15) is 42.2 Å². The molecule has 124 valence electrons. The molecular weight excluding hydrogens is 328 g/mol. The highest BCUT2D eigenvalue weighted by atomic mass is 35.5. The number of piperidine rings is 1. The summed E-state index contributed by atoms with van der Waals surface area (Å²) < 4.78 is 0.836. The van der Waals surface area contributed by atoms with Gasteiger partial charge in [0.05, 0.1) is 10.9 Å². The maximum Gasteiger partial charge on any atom is 0.148 e. The van der Waals surface area contributed by atoms with Crippen LogP contribution in [-0.4, -0.2) is 34.7 Å². The van der Waals surface area contributed by atoms with Crippen LogP contribution < -0.4 is 5.32 Å². The van der Waals surface area contributed by atoms with Crippen molar-refractivity contribution < 1.29 is 0 Å². The van der Waals surface area contributed by atoms with Gasteiger partial charge in [0.25, 0.3) is 0 Å². The molecule has 0 bridgehead atoms. The number of hydrogen-bond donors (Lipinski definition) is 2. The van der Waals surface area contributed by atoms with Gasteiger partial charge in [-0.05, 0) is 56.8 Å². The molecule has 3 heterocycles. The van der Waals surface area contributed by atoms with Gasteiger partial charge in [-0.1, -0.05) is 11.6 Å². The van der Waals surface area contributed by atoms with Crippen LogP contribution in [0.4, 0.5) is 5.82 Å². The zero-order chi connectivity index (χ0) is 15.6. The minimum absolute atomic E-state index is 0.629. The highest BCUT2D eigenvalue weighted by Gasteiger charge is 2.28. The normalized spacial score (nSPS) is 20.0. The van der Waals surface area contributed by atoms with E-state index in [1.54, 1.807) is 11.3 Å². The lowest BCUT2D eigenvalue weighted by atomic mass is 9.93. The Morgan fingerprint density at radius 1 is 1.26 bits per heavy atom. The fraction of sp³-hybridized carbons (Fsp3) is 0.588. The molecule has 0 aromatic carbocycles. The smallest absolute Gasteiger partial charge is 0.148 e. The fourth-order valence-corrected chi connectivity index (χ4v) is 4.38. The molecule has 2 aromatic heterocycles. The van der Waals surface area contributed by atoms with E-state index >= 15 is 0 Å². The van der Waals surface area contributed by atoms with Crippen molar-refractivity contribution in [1.82, 2.24) is 15.1 Å². The molecule has 2 fully saturated rings. The monoisotopic (exact) mass is 350 g/mol. The van der Waals surface area contributed by atoms with Gasteiger partial charge in [-0.2, -0.15) is 5.10 Å². The number of thiophene rings is 1. The van der Waals surface area contributed by atoms with Crippen molar-refractivity contribution in [2.24, 2.45) is 5.92 Å². The van der Waals surface area contributed by atoms with Crippen LogP contribution in [0.3, 0.4) is 0 Å². The molecule has 0 unspecified atom stereocenters. The van der Waals surface area contributed by atoms with Crippen molar-refractivity contribution in [3.05, 3.63) is 33.1 Å². The molecule has 0 spiro atoms. The summed E-state index contributed by atoms with van der Waals surface area (Å²) in [5.74, 6) is 2.56. The number of rotatable bonds is 6. The SMILES string of the molecule is Clc1ccc(CNc2cc(C3CCN(CC4CC4)CC3)[nH]n2)s1. The van der Waals surface area contributed by atoms with E-state index in [2.05, 4.69) is 32.5 Å². The molecule has 4 rings (SSSR count). The average Bonchev–Trinajstić information content (AvgIpc) is 3.08. The van der Waals surface area contributed by atoms with Crippen LogP contribution in [0.25, 0.3) is 0 Å². The van der Waals surface area contributed by atoms with Gasteiger partial charge in [-0.25, -0.2) is 0 Å². The van der Waals surface area contributed by atoms with E-state index in [9.17, 15) is 0 Å². The fourth-order valence-electron chi connectivity index (χ4n) is 3.35. The summed E-state index contributed by atoms with van der Waals surface area (Å²) in [6.45, 7) is 4.57. The number of aromatic nitrogens is 2. The van der Waals surface area contributed by atoms with Crippen LogP contribution in [0.15, 0.2) is 18.2 Å². The van der Waals surface area contributed by atoms with Crippen LogP contribution in [0.5, 0.6) is 0 Å². The summed E-state index contributed by atoms with van der Waals surface area (Å²) in [6, 6.07) is 6.17. The van der Waals surface area contributed by atoms with Crippen LogP contribution in [-0.2, 0) is 6.54 Å². The number of halogens is 1. The third-order valence-electron chi connectivity index (χ3n) is 4.91. The molecule has 2 aliphatic rings. The number of likely N-dealkylation sites (tertiary alicyclic amines) is 1. The van der Waals surface area contributed by atoms with Gasteiger partial charge < -0.3 is 10.2 Å². The van der Waals surface area contributed by atoms with E-state index in [-0.39, 0.29) is 0 Å². The summed E-state index contributed by atoms with van der Waals surface area (Å²) in [4.78, 5) is 3.87. The van der Waals surface area contributed by atoms with Crippen molar-refractivity contribution in [1.29, 1.82) is 0 Å². The standard InChI is InChI=1S/C17H23ClN4S/c18-16-4-3-14(23-16)10-19-17-9-15(20-21-17)13-5-7-22(8-6-13)11-12-1-2-12/h3-4,9,12-13H,1-2,5-8,10-11H2,(H2,19,20,21). The second-order valence-corrected chi connectivity index (χ2v) is 8.59. The molecule has 0 amide bonds. The van der Waals surface area contributed by atoms with E-state index in [0.29, 0.717) is 5.92 Å². The van der Waals surface area contributed by atoms with Crippen molar-refractivity contribution in [2.45, 2.75) is 38.1 Å². The van der Waals surface area contributed by atoms with Crippen LogP contribution in [0.2, 0.25) is 4.34 Å². The van der Waals surface area contributed by atoms with Crippen molar-refractivity contribution in [3.8, 4) is 0 Å². The zero-order valence-corrected chi connectivity index (χ0v) is 14.8. The number of anilines is 1. The van der Waals surface area contributed by atoms with E-state index in [0.717, 1.165) is 22.6 Å². The van der Waals surface area contributed by atoms with E-state index < -0.39 is 0 Å². The summed E-state index contributed by atoms with van der Waals surface area (Å²) in [7, 11) is 0. The molecule has 0 radical (unpaired) electrons. The van der Waals surface area contributed by atoms with Crippen LogP contribution in [0, 0.1) is 5.92 Å². The predicted molar refractivity (Wildman–Crippen MR) is 96.4 cm³/mol. The van der Waals surface area contributed by atoms with E-state index in [1.165, 1.54) is 55.9 Å². The molecule has 1 aliphatic carbocycles. The number of H-pyrrole nitrogens is 1. The molecule has 1 saturated carbocycles. The summed E-state index contributed by atoms with van der Waals surface area (Å²) in [6.07, 6.45) is 5.39. The predicted octanol–water partition coefficient (Wildman–Crippen LogP) is 4.33. The van der Waals surface area contributed by atoms with Crippen molar-refractivity contribution in [2.75, 3.05) is 25.0 Å². The number of aromatic amines is 1. The summed E-state index contributed by atoms with van der Waals surface area (Å²) in [5.41, 5.74) is 1.28. The number of hydrogen-bond acceptors (Lipinski definition) is 4. The third kappa shape index (κ3) is 4.08. The van der Waals surface area contributed by atoms with Crippen molar-refractivity contribution in [3.63, 3.8) is 0 Å². The van der Waals surface area contributed by atoms with Gasteiger partial charge in [0.1, 0.15) is 5.82 Å². The van der Waals surface area contributed by atoms with Gasteiger partial charge >= 0.3 is 0 Å². The Hall–Kier alpha value is -1.04. The Balaban J connectivity index is 1.27. The first-order valence-corrected chi connectivity index (χ1v) is 9.71. The minimum atomic E-state index is 0.629. The molecule has 2 aromatic rings. The summed E-state index contributed by atoms with van der Waals surface area (Å²) in [5, 5.41) is 11.0. The second kappa shape index (κ2) is 6.83. The van der Waals surface area contributed by atoms with Gasteiger partial charge in [0.15, 0.2) is 0 Å². The Bertz CT molecular complexity index is 641. The molecule has 1 aliphatic heterocycles. The highest BCUT2D eigenvalue weighted by molar-refractivity contribution is 7.16. The molecule has 2 N–H and O–H groups in total. The van der Waals surface area contributed by atoms with E-state index in [4.69, 9.17) is 11.6 Å². The highest BCUT2D eigenvalue weighted by Crippen LogP contribution is 2.33. The molecular formula is C17H23ClN4S. The first-order chi connectivity index (χ1) is 11.3. The Morgan fingerprint density at radius 2 is 2.09 bits per heavy atom. The van der Waals surface area contributed by atoms with Gasteiger partial charge in [-0.3, -0.25) is 5.10 Å². The minimum Gasteiger partial charge on any atom is -0.364 e. The molecule has 0 atom stereocenters. The van der Waals surface area contributed by atoms with Crippen LogP contribution >= 0.6 is 22.9 Å². The number of nitrogens with zero attached hydrogens (tertiary/aromatic N) is 2. The largest absolute Gasteiger partial charge is 0.364 e. The Morgan fingerprint density at radius 3 is 2.78 bits per heavy atom. The first kappa shape index (κ1) is 15.5. The second-order valence-electron chi connectivity index (χ2n) is 6.79. The van der Waals surface area contributed by atoms with Gasteiger partial charge in [0, 0.05) is 29.1 Å². The average molecular weight is 351 g/mol. The quantitative estimate of drug-likeness (QED) is 0.815. The number of nitrogens with one attached hydrogen (secondary N) is 2. The zero-order valence-electron chi connectivity index (χ0n) is 13.2. The maximum atomic E-state index is 5.96. The molecule has 1 saturated heterocycles.